The Balaban J connectivity index is 2.27. The maximum Gasteiger partial charge on any atom is 0.376 e. The lowest BCUT2D eigenvalue weighted by Gasteiger charge is -2.06. The maximum absolute atomic E-state index is 11.4. The van der Waals surface area contributed by atoms with Gasteiger partial charge in [-0.2, -0.15) is 15.0 Å². The van der Waals surface area contributed by atoms with Gasteiger partial charge < -0.3 is 15.8 Å². The average Bonchev–Trinajstić information content (AvgIpc) is 2.40. The van der Waals surface area contributed by atoms with Gasteiger partial charge in [-0.25, -0.2) is 4.79 Å². The molecule has 1 aromatic heterocycles. The first-order valence-electron chi connectivity index (χ1n) is 5.21. The van der Waals surface area contributed by atoms with Gasteiger partial charge in [0.2, 0.25) is 17.7 Å². The van der Waals surface area contributed by atoms with Crippen molar-refractivity contribution < 1.29 is 9.53 Å². The van der Waals surface area contributed by atoms with Gasteiger partial charge >= 0.3 is 5.97 Å². The van der Waals surface area contributed by atoms with Crippen LogP contribution in [0.3, 0.4) is 0 Å². The molecule has 0 saturated heterocycles. The molecule has 0 amide bonds. The van der Waals surface area contributed by atoms with Crippen LogP contribution in [0.5, 0.6) is 0 Å². The van der Waals surface area contributed by atoms with Gasteiger partial charge in [-0.15, -0.1) is 0 Å². The van der Waals surface area contributed by atoms with Crippen LogP contribution in [-0.2, 0) is 4.74 Å². The van der Waals surface area contributed by atoms with Crippen molar-refractivity contribution >= 4 is 46.1 Å². The molecule has 0 bridgehead atoms. The molecule has 0 atom stereocenters. The van der Waals surface area contributed by atoms with Crippen LogP contribution in [0, 0.1) is 3.57 Å². The molecule has 7 nitrogen and oxygen atoms in total. The zero-order chi connectivity index (χ0) is 13.8. The summed E-state index contributed by atoms with van der Waals surface area (Å²) in [6.45, 7) is 0. The lowest BCUT2D eigenvalue weighted by Crippen LogP contribution is -2.12. The van der Waals surface area contributed by atoms with Crippen molar-refractivity contribution in [2.45, 2.75) is 0 Å². The number of ether oxygens (including phenoxy) is 1. The van der Waals surface area contributed by atoms with Crippen molar-refractivity contribution in [3.63, 3.8) is 0 Å². The second kappa shape index (κ2) is 5.78. The number of rotatable bonds is 3. The number of esters is 1. The van der Waals surface area contributed by atoms with Crippen molar-refractivity contribution in [1.29, 1.82) is 0 Å². The molecule has 98 valence electrons. The number of hydrogen-bond donors (Lipinski definition) is 2. The van der Waals surface area contributed by atoms with E-state index in [9.17, 15) is 4.79 Å². The molecule has 8 heteroatoms. The molecule has 0 aliphatic carbocycles. The van der Waals surface area contributed by atoms with Gasteiger partial charge in [0.05, 0.1) is 7.11 Å². The Labute approximate surface area is 122 Å². The molecule has 2 aromatic rings. The predicted molar refractivity (Wildman–Crippen MR) is 78.0 cm³/mol. The van der Waals surface area contributed by atoms with Crippen LogP contribution < -0.4 is 11.1 Å². The second-order valence-corrected chi connectivity index (χ2v) is 4.71. The summed E-state index contributed by atoms with van der Waals surface area (Å²) in [5, 5.41) is 2.94. The third-order valence-electron chi connectivity index (χ3n) is 2.12. The monoisotopic (exact) mass is 371 g/mol. The summed E-state index contributed by atoms with van der Waals surface area (Å²) < 4.78 is 5.64. The Morgan fingerprint density at radius 3 is 2.58 bits per heavy atom. The van der Waals surface area contributed by atoms with E-state index in [-0.39, 0.29) is 17.7 Å². The first-order valence-corrected chi connectivity index (χ1v) is 6.29. The fraction of sp³-hybridized carbons (Fsp3) is 0.0909. The van der Waals surface area contributed by atoms with E-state index in [0.29, 0.717) is 0 Å². The smallest absolute Gasteiger partial charge is 0.376 e. The highest BCUT2D eigenvalue weighted by atomic mass is 127. The summed E-state index contributed by atoms with van der Waals surface area (Å²) in [5.74, 6) is -0.666. The lowest BCUT2D eigenvalue weighted by atomic mass is 10.3. The first kappa shape index (κ1) is 13.5. The van der Waals surface area contributed by atoms with Crippen LogP contribution in [-0.4, -0.2) is 28.0 Å². The third-order valence-corrected chi connectivity index (χ3v) is 2.84. The van der Waals surface area contributed by atoms with Crippen LogP contribution in [0.15, 0.2) is 24.3 Å². The zero-order valence-electron chi connectivity index (χ0n) is 9.92. The van der Waals surface area contributed by atoms with Gasteiger partial charge in [0, 0.05) is 9.26 Å². The largest absolute Gasteiger partial charge is 0.463 e. The van der Waals surface area contributed by atoms with E-state index in [4.69, 9.17) is 5.73 Å². The standard InChI is InChI=1S/C11H10IN5O2/c1-19-9(18)8-15-10(13)17-11(16-8)14-7-4-2-6(12)3-5-7/h2-5H,1H3,(H3,13,14,15,16,17). The van der Waals surface area contributed by atoms with Crippen LogP contribution in [0.25, 0.3) is 0 Å². The molecule has 1 aromatic carbocycles. The zero-order valence-corrected chi connectivity index (χ0v) is 12.1. The number of nitrogen functional groups attached to an aromatic ring is 1. The minimum atomic E-state index is -0.667. The molecule has 19 heavy (non-hydrogen) atoms. The molecule has 0 aliphatic rings. The first-order chi connectivity index (χ1) is 9.08. The number of hydrogen-bond acceptors (Lipinski definition) is 7. The Morgan fingerprint density at radius 1 is 1.26 bits per heavy atom. The van der Waals surface area contributed by atoms with Crippen LogP contribution in [0.4, 0.5) is 17.6 Å². The van der Waals surface area contributed by atoms with E-state index in [2.05, 4.69) is 47.6 Å². The molecule has 0 aliphatic heterocycles. The predicted octanol–water partition coefficient (Wildman–Crippen LogP) is 1.59. The number of carbonyl (C=O) groups is 1. The molecule has 2 rings (SSSR count). The summed E-state index contributed by atoms with van der Waals surface area (Å²) in [6, 6.07) is 7.57. The van der Waals surface area contributed by atoms with Gasteiger partial charge in [0.1, 0.15) is 0 Å². The van der Waals surface area contributed by atoms with Crippen molar-refractivity contribution in [3.05, 3.63) is 33.7 Å². The molecule has 0 unspecified atom stereocenters. The number of benzene rings is 1. The van der Waals surface area contributed by atoms with Crippen molar-refractivity contribution in [2.75, 3.05) is 18.2 Å². The number of nitrogens with one attached hydrogen (secondary N) is 1. The highest BCUT2D eigenvalue weighted by molar-refractivity contribution is 14.1. The van der Waals surface area contributed by atoms with Crippen molar-refractivity contribution in [1.82, 2.24) is 15.0 Å². The molecule has 0 fully saturated rings. The topological polar surface area (TPSA) is 103 Å². The second-order valence-electron chi connectivity index (χ2n) is 3.46. The van der Waals surface area contributed by atoms with Gasteiger partial charge in [-0.3, -0.25) is 0 Å². The van der Waals surface area contributed by atoms with E-state index in [1.54, 1.807) is 0 Å². The average molecular weight is 371 g/mol. The third kappa shape index (κ3) is 3.50. The number of nitrogens with zero attached hydrogens (tertiary/aromatic N) is 3. The van der Waals surface area contributed by atoms with Crippen LogP contribution >= 0.6 is 22.6 Å². The molecule has 3 N–H and O–H groups in total. The lowest BCUT2D eigenvalue weighted by molar-refractivity contribution is 0.0586. The van der Waals surface area contributed by atoms with Crippen LogP contribution in [0.2, 0.25) is 0 Å². The maximum atomic E-state index is 11.4. The summed E-state index contributed by atoms with van der Waals surface area (Å²) in [7, 11) is 1.24. The SMILES string of the molecule is COC(=O)c1nc(N)nc(Nc2ccc(I)cc2)n1. The molecule has 0 spiro atoms. The fourth-order valence-corrected chi connectivity index (χ4v) is 1.65. The van der Waals surface area contributed by atoms with E-state index >= 15 is 0 Å². The normalized spacial score (nSPS) is 10.0. The Kier molecular flexibility index (Phi) is 4.10. The van der Waals surface area contributed by atoms with Crippen molar-refractivity contribution in [2.24, 2.45) is 0 Å². The van der Waals surface area contributed by atoms with Gasteiger partial charge in [0.15, 0.2) is 0 Å². The quantitative estimate of drug-likeness (QED) is 0.624. The molecule has 1 heterocycles. The Bertz CT molecular complexity index is 603. The highest BCUT2D eigenvalue weighted by Gasteiger charge is 2.12. The van der Waals surface area contributed by atoms with E-state index in [0.717, 1.165) is 9.26 Å². The summed E-state index contributed by atoms with van der Waals surface area (Å²) in [5.41, 5.74) is 6.30. The number of carbonyl (C=O) groups excluding carboxylic acids is 1. The Morgan fingerprint density at radius 2 is 1.95 bits per heavy atom. The summed E-state index contributed by atoms with van der Waals surface area (Å²) in [4.78, 5) is 22.9. The number of anilines is 3. The van der Waals surface area contributed by atoms with E-state index in [1.807, 2.05) is 24.3 Å². The number of nitrogens with two attached hydrogens (primary N) is 1. The number of halogens is 1. The molecule has 0 saturated carbocycles. The highest BCUT2D eigenvalue weighted by Crippen LogP contribution is 2.15. The van der Waals surface area contributed by atoms with E-state index < -0.39 is 5.97 Å². The van der Waals surface area contributed by atoms with Gasteiger partial charge in [-0.05, 0) is 46.9 Å². The van der Waals surface area contributed by atoms with Gasteiger partial charge in [-0.1, -0.05) is 0 Å². The number of methoxy groups -OCH3 is 1. The minimum Gasteiger partial charge on any atom is -0.463 e. The van der Waals surface area contributed by atoms with Gasteiger partial charge in [0.25, 0.3) is 0 Å². The number of aromatic nitrogens is 3. The molecule has 0 radical (unpaired) electrons. The molecular formula is C11H10IN5O2. The van der Waals surface area contributed by atoms with E-state index in [1.165, 1.54) is 7.11 Å². The van der Waals surface area contributed by atoms with Crippen molar-refractivity contribution in [3.8, 4) is 0 Å². The summed E-state index contributed by atoms with van der Waals surface area (Å²) >= 11 is 2.20. The minimum absolute atomic E-state index is 0.0524. The summed E-state index contributed by atoms with van der Waals surface area (Å²) in [6.07, 6.45) is 0. The van der Waals surface area contributed by atoms with Crippen LogP contribution in [0.1, 0.15) is 10.6 Å². The molecular weight excluding hydrogens is 361 g/mol. The fourth-order valence-electron chi connectivity index (χ4n) is 1.29. The Hall–Kier alpha value is -1.97.